The highest BCUT2D eigenvalue weighted by Gasteiger charge is 2.12. The molecule has 0 saturated heterocycles. The van der Waals surface area contributed by atoms with Gasteiger partial charge in [0, 0.05) is 11.6 Å². The zero-order valence-electron chi connectivity index (χ0n) is 6.74. The van der Waals surface area contributed by atoms with E-state index >= 15 is 0 Å². The van der Waals surface area contributed by atoms with Crippen LogP contribution >= 0.6 is 11.6 Å². The van der Waals surface area contributed by atoms with Crippen LogP contribution in [0.1, 0.15) is 11.1 Å². The first-order valence-electron chi connectivity index (χ1n) is 3.45. The van der Waals surface area contributed by atoms with Gasteiger partial charge in [-0.15, -0.1) is 0 Å². The second-order valence-corrected chi connectivity index (χ2v) is 2.53. The number of halogens is 1. The molecule has 0 saturated carbocycles. The molecule has 0 heterocycles. The SMILES string of the molecule is O=[C]c1cccc([C]=O)c1OC(=O)Cl. The maximum absolute atomic E-state index is 10.4. The first kappa shape index (κ1) is 10.4. The van der Waals surface area contributed by atoms with Crippen molar-refractivity contribution in [2.75, 3.05) is 0 Å². The summed E-state index contributed by atoms with van der Waals surface area (Å²) in [6, 6.07) is 4.11. The molecule has 0 fully saturated rings. The molecule has 0 N–H and O–H groups in total. The molecule has 5 heteroatoms. The first-order valence-corrected chi connectivity index (χ1v) is 3.83. The van der Waals surface area contributed by atoms with Crippen molar-refractivity contribution in [1.29, 1.82) is 0 Å². The molecule has 0 aromatic heterocycles. The van der Waals surface area contributed by atoms with E-state index in [2.05, 4.69) is 4.74 Å². The lowest BCUT2D eigenvalue weighted by Gasteiger charge is -2.03. The van der Waals surface area contributed by atoms with Crippen LogP contribution in [-0.4, -0.2) is 18.0 Å². The smallest absolute Gasteiger partial charge is 0.409 e. The molecule has 0 atom stereocenters. The normalized spacial score (nSPS) is 9.21. The number of rotatable bonds is 3. The van der Waals surface area contributed by atoms with Crippen LogP contribution in [0.2, 0.25) is 0 Å². The molecule has 1 aromatic rings. The Bertz CT molecular complexity index is 360. The fourth-order valence-corrected chi connectivity index (χ4v) is 0.965. The van der Waals surface area contributed by atoms with Gasteiger partial charge in [-0.3, -0.25) is 9.59 Å². The lowest BCUT2D eigenvalue weighted by atomic mass is 10.1. The summed E-state index contributed by atoms with van der Waals surface area (Å²) in [5.41, 5.74) is -1.25. The van der Waals surface area contributed by atoms with Crippen LogP contribution < -0.4 is 4.74 Å². The molecule has 0 unspecified atom stereocenters. The highest BCUT2D eigenvalue weighted by atomic mass is 35.5. The van der Waals surface area contributed by atoms with E-state index in [1.807, 2.05) is 0 Å². The summed E-state index contributed by atoms with van der Waals surface area (Å²) in [4.78, 5) is 31.2. The molecule has 14 heavy (non-hydrogen) atoms. The fraction of sp³-hybridized carbons (Fsp3) is 0. The van der Waals surface area contributed by atoms with E-state index in [1.165, 1.54) is 30.8 Å². The number of carbonyl (C=O) groups excluding carboxylic acids is 3. The zero-order chi connectivity index (χ0) is 10.6. The van der Waals surface area contributed by atoms with E-state index in [0.29, 0.717) is 0 Å². The largest absolute Gasteiger partial charge is 0.413 e. The predicted octanol–water partition coefficient (Wildman–Crippen LogP) is 1.34. The zero-order valence-corrected chi connectivity index (χ0v) is 7.50. The van der Waals surface area contributed by atoms with Gasteiger partial charge in [0.15, 0.2) is 5.75 Å². The quantitative estimate of drug-likeness (QED) is 0.707. The highest BCUT2D eigenvalue weighted by molar-refractivity contribution is 6.61. The standard InChI is InChI=1S/C9H3ClO4/c10-9(13)14-8-6(4-11)2-1-3-7(8)5-12/h1-3H. The van der Waals surface area contributed by atoms with Gasteiger partial charge in [0.2, 0.25) is 12.6 Å². The molecule has 1 rings (SSSR count). The Morgan fingerprint density at radius 1 is 1.21 bits per heavy atom. The lowest BCUT2D eigenvalue weighted by Crippen LogP contribution is -2.02. The summed E-state index contributed by atoms with van der Waals surface area (Å²) in [6.07, 6.45) is 3.02. The van der Waals surface area contributed by atoms with Crippen LogP contribution in [0.3, 0.4) is 0 Å². The monoisotopic (exact) mass is 210 g/mol. The van der Waals surface area contributed by atoms with Crippen LogP contribution in [0.5, 0.6) is 5.75 Å². The van der Waals surface area contributed by atoms with E-state index in [1.54, 1.807) is 0 Å². The number of hydrogen-bond acceptors (Lipinski definition) is 4. The molecule has 0 bridgehead atoms. The maximum Gasteiger partial charge on any atom is 0.409 e. The molecule has 70 valence electrons. The molecule has 1 aromatic carbocycles. The van der Waals surface area contributed by atoms with Gasteiger partial charge >= 0.3 is 5.43 Å². The van der Waals surface area contributed by atoms with E-state index in [4.69, 9.17) is 11.6 Å². The second kappa shape index (κ2) is 4.53. The van der Waals surface area contributed by atoms with Crippen LogP contribution in [0, 0.1) is 0 Å². The molecule has 0 aliphatic rings. The Morgan fingerprint density at radius 2 is 1.71 bits per heavy atom. The van der Waals surface area contributed by atoms with Crippen LogP contribution in [0.4, 0.5) is 4.79 Å². The van der Waals surface area contributed by atoms with Gasteiger partial charge in [0.1, 0.15) is 0 Å². The molecular formula is C9H3ClO4. The maximum atomic E-state index is 10.4. The van der Waals surface area contributed by atoms with Crippen molar-refractivity contribution in [3.8, 4) is 5.75 Å². The molecule has 0 aliphatic carbocycles. The minimum atomic E-state index is -1.13. The van der Waals surface area contributed by atoms with Crippen molar-refractivity contribution in [2.45, 2.75) is 0 Å². The van der Waals surface area contributed by atoms with Crippen molar-refractivity contribution >= 4 is 29.6 Å². The van der Waals surface area contributed by atoms with Gasteiger partial charge < -0.3 is 4.74 Å². The molecule has 0 amide bonds. The summed E-state index contributed by atoms with van der Waals surface area (Å²) in [5.74, 6) is -0.225. The van der Waals surface area contributed by atoms with Crippen molar-refractivity contribution in [3.05, 3.63) is 29.3 Å². The Kier molecular flexibility index (Phi) is 3.36. The minimum absolute atomic E-state index is 0.0557. The Hall–Kier alpha value is -1.68. The van der Waals surface area contributed by atoms with E-state index < -0.39 is 5.43 Å². The minimum Gasteiger partial charge on any atom is -0.413 e. The fourth-order valence-electron chi connectivity index (χ4n) is 0.888. The van der Waals surface area contributed by atoms with Gasteiger partial charge in [-0.25, -0.2) is 4.79 Å². The summed E-state index contributed by atoms with van der Waals surface area (Å²) in [7, 11) is 0. The van der Waals surface area contributed by atoms with E-state index in [9.17, 15) is 14.4 Å². The Labute approximate surface area is 84.4 Å². The third kappa shape index (κ3) is 2.17. The number of para-hydroxylation sites is 1. The molecule has 0 aliphatic heterocycles. The van der Waals surface area contributed by atoms with Crippen molar-refractivity contribution in [3.63, 3.8) is 0 Å². The molecule has 4 nitrogen and oxygen atoms in total. The van der Waals surface area contributed by atoms with E-state index in [0.717, 1.165) is 0 Å². The average Bonchev–Trinajstić information content (AvgIpc) is 2.17. The van der Waals surface area contributed by atoms with Gasteiger partial charge in [-0.1, -0.05) is 6.07 Å². The van der Waals surface area contributed by atoms with Crippen molar-refractivity contribution in [1.82, 2.24) is 0 Å². The third-order valence-corrected chi connectivity index (χ3v) is 1.49. The predicted molar refractivity (Wildman–Crippen MR) is 47.9 cm³/mol. The van der Waals surface area contributed by atoms with Gasteiger partial charge in [0.05, 0.1) is 11.1 Å². The number of ether oxygens (including phenoxy) is 1. The summed E-state index contributed by atoms with van der Waals surface area (Å²) < 4.78 is 4.46. The molecule has 2 radical (unpaired) electrons. The number of carbonyl (C=O) groups is 1. The average molecular weight is 211 g/mol. The van der Waals surface area contributed by atoms with Crippen LogP contribution in [0.15, 0.2) is 18.2 Å². The van der Waals surface area contributed by atoms with Crippen molar-refractivity contribution < 1.29 is 19.1 Å². The van der Waals surface area contributed by atoms with Gasteiger partial charge in [0.25, 0.3) is 0 Å². The van der Waals surface area contributed by atoms with Gasteiger partial charge in [-0.05, 0) is 12.1 Å². The van der Waals surface area contributed by atoms with Crippen molar-refractivity contribution in [2.24, 2.45) is 0 Å². The first-order chi connectivity index (χ1) is 6.69. The topological polar surface area (TPSA) is 60.4 Å². The van der Waals surface area contributed by atoms with E-state index in [-0.39, 0.29) is 16.9 Å². The highest BCUT2D eigenvalue weighted by Crippen LogP contribution is 2.21. The van der Waals surface area contributed by atoms with Gasteiger partial charge in [-0.2, -0.15) is 0 Å². The second-order valence-electron chi connectivity index (χ2n) is 2.23. The lowest BCUT2D eigenvalue weighted by molar-refractivity contribution is 0.225. The van der Waals surface area contributed by atoms with Crippen LogP contribution in [0.25, 0.3) is 0 Å². The van der Waals surface area contributed by atoms with Crippen LogP contribution in [-0.2, 0) is 9.59 Å². The number of hydrogen-bond donors (Lipinski definition) is 0. The Morgan fingerprint density at radius 3 is 2.07 bits per heavy atom. The summed E-state index contributed by atoms with van der Waals surface area (Å²) in [5, 5.41) is 0. The molecular weight excluding hydrogens is 208 g/mol. The summed E-state index contributed by atoms with van der Waals surface area (Å²) >= 11 is 4.95. The Balaban J connectivity index is 3.25. The number of benzene rings is 1. The summed E-state index contributed by atoms with van der Waals surface area (Å²) in [6.45, 7) is 0. The third-order valence-electron chi connectivity index (χ3n) is 1.42. The molecule has 0 spiro atoms.